The minimum Gasteiger partial charge on any atom is -0.391 e. The van der Waals surface area contributed by atoms with Crippen molar-refractivity contribution >= 4 is 23.1 Å². The van der Waals surface area contributed by atoms with Crippen LogP contribution in [-0.4, -0.2) is 29.1 Å². The predicted molar refractivity (Wildman–Crippen MR) is 83.5 cm³/mol. The zero-order chi connectivity index (χ0) is 14.6. The molecule has 0 aromatic carbocycles. The number of thiocarbonyl (C=S) groups is 1. The first kappa shape index (κ1) is 15.7. The average Bonchev–Trinajstić information content (AvgIpc) is 2.92. The van der Waals surface area contributed by atoms with Crippen LogP contribution < -0.4 is 11.1 Å². The van der Waals surface area contributed by atoms with E-state index in [-0.39, 0.29) is 12.0 Å². The fraction of sp³-hybridized carbons (Fsp3) is 0.867. The Labute approximate surface area is 126 Å². The third-order valence-corrected chi connectivity index (χ3v) is 5.09. The number of nitrogens with one attached hydrogen (secondary N) is 1. The molecule has 0 bridgehead atoms. The molecule has 0 aromatic heterocycles. The van der Waals surface area contributed by atoms with Gasteiger partial charge in [-0.2, -0.15) is 0 Å². The molecule has 20 heavy (non-hydrogen) atoms. The molecule has 2 fully saturated rings. The number of hydrogen-bond donors (Lipinski definition) is 2. The highest BCUT2D eigenvalue weighted by molar-refractivity contribution is 7.80. The highest BCUT2D eigenvalue weighted by Crippen LogP contribution is 2.32. The van der Waals surface area contributed by atoms with Crippen molar-refractivity contribution in [2.75, 3.05) is 6.61 Å². The Balaban J connectivity index is 1.84. The van der Waals surface area contributed by atoms with Gasteiger partial charge in [-0.3, -0.25) is 4.79 Å². The first-order valence-corrected chi connectivity index (χ1v) is 8.15. The van der Waals surface area contributed by atoms with Gasteiger partial charge in [-0.05, 0) is 50.9 Å². The second-order valence-electron chi connectivity index (χ2n) is 6.35. The minimum atomic E-state index is -0.449. The van der Waals surface area contributed by atoms with E-state index >= 15 is 0 Å². The van der Waals surface area contributed by atoms with Gasteiger partial charge in [0.25, 0.3) is 0 Å². The van der Waals surface area contributed by atoms with Crippen molar-refractivity contribution in [3.8, 4) is 0 Å². The van der Waals surface area contributed by atoms with Gasteiger partial charge in [-0.15, -0.1) is 0 Å². The van der Waals surface area contributed by atoms with Gasteiger partial charge in [0.05, 0.1) is 16.6 Å². The number of carbonyl (C=O) groups excluding carboxylic acids is 1. The average molecular weight is 298 g/mol. The van der Waals surface area contributed by atoms with Crippen LogP contribution in [0.15, 0.2) is 0 Å². The molecular formula is C15H26N2O2S. The largest absolute Gasteiger partial charge is 0.391 e. The van der Waals surface area contributed by atoms with Crippen LogP contribution in [0, 0.1) is 5.92 Å². The monoisotopic (exact) mass is 298 g/mol. The lowest BCUT2D eigenvalue weighted by Gasteiger charge is -2.39. The summed E-state index contributed by atoms with van der Waals surface area (Å²) in [6, 6.07) is 0. The molecule has 3 N–H and O–H groups in total. The molecule has 1 aliphatic heterocycles. The summed E-state index contributed by atoms with van der Waals surface area (Å²) in [6.45, 7) is 3.07. The van der Waals surface area contributed by atoms with Crippen molar-refractivity contribution < 1.29 is 9.53 Å². The second kappa shape index (κ2) is 6.85. The van der Waals surface area contributed by atoms with Crippen LogP contribution in [0.2, 0.25) is 0 Å². The summed E-state index contributed by atoms with van der Waals surface area (Å²) in [5.41, 5.74) is 5.46. The van der Waals surface area contributed by atoms with Crippen LogP contribution in [0.25, 0.3) is 0 Å². The molecule has 1 saturated carbocycles. The van der Waals surface area contributed by atoms with Gasteiger partial charge in [0.15, 0.2) is 0 Å². The van der Waals surface area contributed by atoms with Crippen LogP contribution in [0.5, 0.6) is 0 Å². The van der Waals surface area contributed by atoms with Gasteiger partial charge in [0, 0.05) is 13.0 Å². The highest BCUT2D eigenvalue weighted by Gasteiger charge is 2.38. The number of amides is 1. The predicted octanol–water partition coefficient (Wildman–Crippen LogP) is 2.30. The van der Waals surface area contributed by atoms with Crippen LogP contribution >= 0.6 is 12.2 Å². The third kappa shape index (κ3) is 3.92. The Morgan fingerprint density at radius 2 is 2.10 bits per heavy atom. The minimum absolute atomic E-state index is 0.0582. The molecule has 0 radical (unpaired) electrons. The molecule has 1 amide bonds. The molecule has 2 aliphatic rings. The van der Waals surface area contributed by atoms with E-state index in [0.717, 1.165) is 51.6 Å². The molecule has 0 aromatic rings. The van der Waals surface area contributed by atoms with Gasteiger partial charge in [-0.1, -0.05) is 19.1 Å². The van der Waals surface area contributed by atoms with E-state index in [1.54, 1.807) is 0 Å². The Bertz CT molecular complexity index is 359. The van der Waals surface area contributed by atoms with Crippen molar-refractivity contribution in [3.63, 3.8) is 0 Å². The second-order valence-corrected chi connectivity index (χ2v) is 6.79. The van der Waals surface area contributed by atoms with Crippen molar-refractivity contribution in [2.45, 2.75) is 69.9 Å². The Morgan fingerprint density at radius 3 is 2.65 bits per heavy atom. The molecule has 1 unspecified atom stereocenters. The van der Waals surface area contributed by atoms with E-state index in [1.807, 2.05) is 0 Å². The summed E-state index contributed by atoms with van der Waals surface area (Å²) in [5, 5.41) is 3.12. The maximum atomic E-state index is 12.2. The van der Waals surface area contributed by atoms with Gasteiger partial charge in [-0.25, -0.2) is 0 Å². The van der Waals surface area contributed by atoms with Crippen molar-refractivity contribution in [1.29, 1.82) is 0 Å². The number of ether oxygens (including phenoxy) is 1. The summed E-state index contributed by atoms with van der Waals surface area (Å²) in [7, 11) is 0. The van der Waals surface area contributed by atoms with E-state index in [2.05, 4.69) is 12.2 Å². The number of nitrogens with two attached hydrogens (primary N) is 1. The van der Waals surface area contributed by atoms with Gasteiger partial charge in [0.1, 0.15) is 0 Å². The Hall–Kier alpha value is -0.680. The molecule has 0 spiro atoms. The SMILES string of the molecule is CC1CCC(NC(=O)CCC2CCCO2)(C(N)=S)CC1. The van der Waals surface area contributed by atoms with Crippen molar-refractivity contribution in [3.05, 3.63) is 0 Å². The lowest BCUT2D eigenvalue weighted by molar-refractivity contribution is -0.123. The molecule has 2 rings (SSSR count). The van der Waals surface area contributed by atoms with Gasteiger partial charge < -0.3 is 15.8 Å². The van der Waals surface area contributed by atoms with E-state index in [1.165, 1.54) is 0 Å². The van der Waals surface area contributed by atoms with Gasteiger partial charge in [0.2, 0.25) is 5.91 Å². The number of carbonyl (C=O) groups is 1. The van der Waals surface area contributed by atoms with E-state index in [4.69, 9.17) is 22.7 Å². The van der Waals surface area contributed by atoms with E-state index < -0.39 is 5.54 Å². The van der Waals surface area contributed by atoms with Crippen LogP contribution in [0.3, 0.4) is 0 Å². The Kier molecular flexibility index (Phi) is 5.38. The molecule has 114 valence electrons. The van der Waals surface area contributed by atoms with Crippen molar-refractivity contribution in [2.24, 2.45) is 11.7 Å². The molecule has 5 heteroatoms. The maximum Gasteiger partial charge on any atom is 0.220 e. The standard InChI is InChI=1S/C15H26N2O2S/c1-11-6-8-15(9-7-11,14(16)20)17-13(18)5-4-12-3-2-10-19-12/h11-12H,2-10H2,1H3,(H2,16,20)(H,17,18). The molecular weight excluding hydrogens is 272 g/mol. The molecule has 1 heterocycles. The molecule has 4 nitrogen and oxygen atoms in total. The summed E-state index contributed by atoms with van der Waals surface area (Å²) in [4.78, 5) is 12.6. The number of rotatable bonds is 5. The van der Waals surface area contributed by atoms with Crippen molar-refractivity contribution in [1.82, 2.24) is 5.32 Å². The topological polar surface area (TPSA) is 64.3 Å². The smallest absolute Gasteiger partial charge is 0.220 e. The first-order chi connectivity index (χ1) is 9.52. The lowest BCUT2D eigenvalue weighted by atomic mass is 9.77. The number of hydrogen-bond acceptors (Lipinski definition) is 3. The first-order valence-electron chi connectivity index (χ1n) is 7.74. The summed E-state index contributed by atoms with van der Waals surface area (Å²) in [5.74, 6) is 0.754. The van der Waals surface area contributed by atoms with Gasteiger partial charge >= 0.3 is 0 Å². The van der Waals surface area contributed by atoms with Crippen LogP contribution in [0.4, 0.5) is 0 Å². The normalized spacial score (nSPS) is 33.9. The summed E-state index contributed by atoms with van der Waals surface area (Å²) in [6.07, 6.45) is 7.64. The highest BCUT2D eigenvalue weighted by atomic mass is 32.1. The summed E-state index contributed by atoms with van der Waals surface area (Å²) >= 11 is 5.21. The van der Waals surface area contributed by atoms with E-state index in [0.29, 0.717) is 17.3 Å². The van der Waals surface area contributed by atoms with Crippen LogP contribution in [-0.2, 0) is 9.53 Å². The molecule has 1 aliphatic carbocycles. The fourth-order valence-corrected chi connectivity index (χ4v) is 3.44. The maximum absolute atomic E-state index is 12.2. The lowest BCUT2D eigenvalue weighted by Crippen LogP contribution is -2.58. The fourth-order valence-electron chi connectivity index (χ4n) is 3.18. The zero-order valence-electron chi connectivity index (χ0n) is 12.3. The van der Waals surface area contributed by atoms with E-state index in [9.17, 15) is 4.79 Å². The quantitative estimate of drug-likeness (QED) is 0.764. The molecule has 1 saturated heterocycles. The van der Waals surface area contributed by atoms with Crippen LogP contribution in [0.1, 0.15) is 58.3 Å². The third-order valence-electron chi connectivity index (χ3n) is 4.70. The summed E-state index contributed by atoms with van der Waals surface area (Å²) < 4.78 is 5.55. The Morgan fingerprint density at radius 1 is 1.40 bits per heavy atom. The molecule has 1 atom stereocenters. The zero-order valence-corrected chi connectivity index (χ0v) is 13.1.